The smallest absolute Gasteiger partial charge is 0.226 e. The predicted octanol–water partition coefficient (Wildman–Crippen LogP) is 3.20. The van der Waals surface area contributed by atoms with Gasteiger partial charge in [-0.05, 0) is 38.2 Å². The van der Waals surface area contributed by atoms with Crippen LogP contribution in [0, 0.1) is 0 Å². The Morgan fingerprint density at radius 2 is 2.07 bits per heavy atom. The van der Waals surface area contributed by atoms with E-state index in [1.54, 1.807) is 10.7 Å². The molecule has 1 fully saturated rings. The summed E-state index contributed by atoms with van der Waals surface area (Å²) in [5.41, 5.74) is 2.80. The number of H-pyrrole nitrogens is 1. The largest absolute Gasteiger partial charge is 0.390 e. The highest BCUT2D eigenvalue weighted by molar-refractivity contribution is 6.00. The molecular weight excluding hydrogens is 380 g/mol. The zero-order valence-corrected chi connectivity index (χ0v) is 17.2. The standard InChI is InChI=1S/C21H26N8O/c1-3-21(30)8-4-13(5-9-21)25-20-27-18(22-2)17-14(12-23-19(17)28-20)15-7-11-29-16(26-15)6-10-24-29/h6-7,10-13,30H,3-5,8-9H2,1-2H3,(H3,22,23,25,27,28)/t13-,21+. The Morgan fingerprint density at radius 1 is 1.23 bits per heavy atom. The SMILES string of the molecule is CC[C@]1(O)CC[C@@H](Nc2nc(NC)c3c(-c4ccn5nccc5n4)c[nH]c3n2)CC1. The molecule has 5 rings (SSSR count). The van der Waals surface area contributed by atoms with E-state index in [0.29, 0.717) is 5.95 Å². The lowest BCUT2D eigenvalue weighted by Gasteiger charge is -2.35. The summed E-state index contributed by atoms with van der Waals surface area (Å²) in [7, 11) is 1.86. The molecule has 0 bridgehead atoms. The van der Waals surface area contributed by atoms with Gasteiger partial charge in [0.1, 0.15) is 11.5 Å². The molecule has 1 saturated carbocycles. The van der Waals surface area contributed by atoms with E-state index < -0.39 is 5.60 Å². The number of nitrogens with zero attached hydrogens (tertiary/aromatic N) is 5. The van der Waals surface area contributed by atoms with Gasteiger partial charge < -0.3 is 20.7 Å². The van der Waals surface area contributed by atoms with Crippen molar-refractivity contribution in [3.05, 3.63) is 30.7 Å². The van der Waals surface area contributed by atoms with Crippen LogP contribution in [-0.4, -0.2) is 53.3 Å². The lowest BCUT2D eigenvalue weighted by molar-refractivity contribution is -0.00197. The first-order valence-electron chi connectivity index (χ1n) is 10.4. The third-order valence-corrected chi connectivity index (χ3v) is 6.21. The Balaban J connectivity index is 1.46. The lowest BCUT2D eigenvalue weighted by atomic mass is 9.80. The monoisotopic (exact) mass is 406 g/mol. The summed E-state index contributed by atoms with van der Waals surface area (Å²) in [6.07, 6.45) is 9.77. The highest BCUT2D eigenvalue weighted by Gasteiger charge is 2.31. The van der Waals surface area contributed by atoms with Crippen LogP contribution in [0.25, 0.3) is 27.9 Å². The van der Waals surface area contributed by atoms with Crippen molar-refractivity contribution in [3.63, 3.8) is 0 Å². The number of aromatic amines is 1. The molecule has 0 spiro atoms. The molecule has 4 N–H and O–H groups in total. The van der Waals surface area contributed by atoms with Crippen molar-refractivity contribution in [1.29, 1.82) is 0 Å². The zero-order valence-electron chi connectivity index (χ0n) is 17.2. The average molecular weight is 406 g/mol. The molecule has 4 aromatic rings. The van der Waals surface area contributed by atoms with Crippen molar-refractivity contribution >= 4 is 28.4 Å². The molecule has 0 unspecified atom stereocenters. The van der Waals surface area contributed by atoms with Crippen LogP contribution in [-0.2, 0) is 0 Å². The van der Waals surface area contributed by atoms with Gasteiger partial charge >= 0.3 is 0 Å². The molecule has 0 radical (unpaired) electrons. The van der Waals surface area contributed by atoms with Gasteiger partial charge in [-0.25, -0.2) is 9.50 Å². The molecule has 0 saturated heterocycles. The van der Waals surface area contributed by atoms with Crippen molar-refractivity contribution in [2.45, 2.75) is 50.7 Å². The van der Waals surface area contributed by atoms with Gasteiger partial charge in [0.15, 0.2) is 5.65 Å². The third-order valence-electron chi connectivity index (χ3n) is 6.21. The molecule has 9 heteroatoms. The minimum absolute atomic E-state index is 0.263. The summed E-state index contributed by atoms with van der Waals surface area (Å²) >= 11 is 0. The zero-order chi connectivity index (χ0) is 20.7. The quantitative estimate of drug-likeness (QED) is 0.402. The number of aromatic nitrogens is 6. The second-order valence-electron chi connectivity index (χ2n) is 8.02. The first kappa shape index (κ1) is 18.8. The topological polar surface area (TPSA) is 116 Å². The molecule has 1 aliphatic carbocycles. The van der Waals surface area contributed by atoms with E-state index in [1.807, 2.05) is 38.5 Å². The second-order valence-corrected chi connectivity index (χ2v) is 8.02. The minimum Gasteiger partial charge on any atom is -0.390 e. The maximum atomic E-state index is 10.5. The van der Waals surface area contributed by atoms with Crippen molar-refractivity contribution in [1.82, 2.24) is 29.5 Å². The van der Waals surface area contributed by atoms with Crippen molar-refractivity contribution in [2.24, 2.45) is 0 Å². The Morgan fingerprint density at radius 3 is 2.83 bits per heavy atom. The molecular formula is C21H26N8O. The number of anilines is 2. The van der Waals surface area contributed by atoms with E-state index in [0.717, 1.165) is 65.9 Å². The van der Waals surface area contributed by atoms with Gasteiger partial charge in [0.2, 0.25) is 5.95 Å². The summed E-state index contributed by atoms with van der Waals surface area (Å²) in [6.45, 7) is 2.05. The van der Waals surface area contributed by atoms with Gasteiger partial charge in [-0.15, -0.1) is 0 Å². The van der Waals surface area contributed by atoms with Crippen LogP contribution in [0.2, 0.25) is 0 Å². The highest BCUT2D eigenvalue weighted by atomic mass is 16.3. The summed E-state index contributed by atoms with van der Waals surface area (Å²) in [5, 5.41) is 22.2. The minimum atomic E-state index is -0.517. The molecule has 1 aliphatic rings. The van der Waals surface area contributed by atoms with Gasteiger partial charge in [0.05, 0.1) is 22.9 Å². The summed E-state index contributed by atoms with van der Waals surface area (Å²) in [6, 6.07) is 4.07. The molecule has 30 heavy (non-hydrogen) atoms. The number of aliphatic hydroxyl groups is 1. The Kier molecular flexibility index (Phi) is 4.54. The molecule has 156 valence electrons. The van der Waals surface area contributed by atoms with Gasteiger partial charge in [-0.1, -0.05) is 6.92 Å². The molecule has 9 nitrogen and oxygen atoms in total. The molecule has 0 aliphatic heterocycles. The van der Waals surface area contributed by atoms with Crippen LogP contribution in [0.4, 0.5) is 11.8 Å². The molecule has 0 amide bonds. The maximum Gasteiger partial charge on any atom is 0.226 e. The molecule has 4 heterocycles. The van der Waals surface area contributed by atoms with E-state index in [-0.39, 0.29) is 6.04 Å². The van der Waals surface area contributed by atoms with Crippen LogP contribution in [0.5, 0.6) is 0 Å². The number of hydrogen-bond acceptors (Lipinski definition) is 7. The van der Waals surface area contributed by atoms with E-state index in [2.05, 4.69) is 20.7 Å². The van der Waals surface area contributed by atoms with Gasteiger partial charge in [-0.3, -0.25) is 0 Å². The highest BCUT2D eigenvalue weighted by Crippen LogP contribution is 2.34. The molecule has 0 atom stereocenters. The van der Waals surface area contributed by atoms with E-state index in [9.17, 15) is 5.11 Å². The average Bonchev–Trinajstić information content (AvgIpc) is 3.41. The fourth-order valence-electron chi connectivity index (χ4n) is 4.28. The summed E-state index contributed by atoms with van der Waals surface area (Å²) in [5.74, 6) is 1.33. The lowest BCUT2D eigenvalue weighted by Crippen LogP contribution is -2.38. The first-order valence-corrected chi connectivity index (χ1v) is 10.4. The Bertz CT molecular complexity index is 1190. The predicted molar refractivity (Wildman–Crippen MR) is 117 cm³/mol. The maximum absolute atomic E-state index is 10.5. The summed E-state index contributed by atoms with van der Waals surface area (Å²) < 4.78 is 1.74. The van der Waals surface area contributed by atoms with Crippen molar-refractivity contribution in [3.8, 4) is 11.3 Å². The van der Waals surface area contributed by atoms with Gasteiger partial charge in [0.25, 0.3) is 0 Å². The van der Waals surface area contributed by atoms with Gasteiger partial charge in [0, 0.05) is 37.1 Å². The van der Waals surface area contributed by atoms with Crippen molar-refractivity contribution < 1.29 is 5.11 Å². The Hall–Kier alpha value is -3.20. The van der Waals surface area contributed by atoms with E-state index >= 15 is 0 Å². The fraction of sp³-hybridized carbons (Fsp3) is 0.429. The Labute approximate surface area is 174 Å². The normalized spacial score (nSPS) is 21.9. The van der Waals surface area contributed by atoms with Crippen LogP contribution < -0.4 is 10.6 Å². The molecule has 4 aromatic heterocycles. The van der Waals surface area contributed by atoms with E-state index in [4.69, 9.17) is 15.0 Å². The third kappa shape index (κ3) is 3.24. The summed E-state index contributed by atoms with van der Waals surface area (Å²) in [4.78, 5) is 17.4. The fourth-order valence-corrected chi connectivity index (χ4v) is 4.28. The van der Waals surface area contributed by atoms with Crippen LogP contribution >= 0.6 is 0 Å². The number of hydrogen-bond donors (Lipinski definition) is 4. The number of nitrogens with one attached hydrogen (secondary N) is 3. The van der Waals surface area contributed by atoms with Crippen LogP contribution in [0.1, 0.15) is 39.0 Å². The number of fused-ring (bicyclic) bond motifs is 2. The van der Waals surface area contributed by atoms with Crippen LogP contribution in [0.15, 0.2) is 30.7 Å². The van der Waals surface area contributed by atoms with E-state index in [1.165, 1.54) is 0 Å². The second kappa shape index (κ2) is 7.24. The van der Waals surface area contributed by atoms with Gasteiger partial charge in [-0.2, -0.15) is 15.1 Å². The van der Waals surface area contributed by atoms with Crippen molar-refractivity contribution in [2.75, 3.05) is 17.7 Å². The van der Waals surface area contributed by atoms with Crippen LogP contribution in [0.3, 0.4) is 0 Å². The molecule has 0 aromatic carbocycles. The number of rotatable bonds is 5. The first-order chi connectivity index (χ1) is 14.6.